The molecule has 0 aliphatic carbocycles. The van der Waals surface area contributed by atoms with Gasteiger partial charge < -0.3 is 15.5 Å². The van der Waals surface area contributed by atoms with Crippen LogP contribution in [0.3, 0.4) is 0 Å². The Balaban J connectivity index is 2.64. The Labute approximate surface area is 107 Å². The Morgan fingerprint density at radius 3 is 2.59 bits per heavy atom. The smallest absolute Gasteiger partial charge is 0.0607 e. The SMILES string of the molecule is CC(C)(CO)NCc1ccc([CH]CO)c(Cl)c1. The predicted molar refractivity (Wildman–Crippen MR) is 69.9 cm³/mol. The molecule has 1 rings (SSSR count). The molecule has 0 saturated heterocycles. The van der Waals surface area contributed by atoms with Crippen LogP contribution >= 0.6 is 11.6 Å². The summed E-state index contributed by atoms with van der Waals surface area (Å²) in [7, 11) is 0. The molecule has 0 amide bonds. The highest BCUT2D eigenvalue weighted by molar-refractivity contribution is 6.31. The maximum Gasteiger partial charge on any atom is 0.0607 e. The molecular formula is C13H19ClNO2. The Morgan fingerprint density at radius 1 is 1.35 bits per heavy atom. The number of benzene rings is 1. The summed E-state index contributed by atoms with van der Waals surface area (Å²) >= 11 is 6.07. The Bertz CT molecular complexity index is 366. The van der Waals surface area contributed by atoms with Gasteiger partial charge in [-0.1, -0.05) is 23.7 Å². The lowest BCUT2D eigenvalue weighted by Gasteiger charge is -2.23. The first kappa shape index (κ1) is 14.5. The van der Waals surface area contributed by atoms with Gasteiger partial charge in [0.25, 0.3) is 0 Å². The van der Waals surface area contributed by atoms with Crippen molar-refractivity contribution in [3.05, 3.63) is 40.8 Å². The summed E-state index contributed by atoms with van der Waals surface area (Å²) in [4.78, 5) is 0. The molecule has 0 bridgehead atoms. The molecule has 0 saturated carbocycles. The van der Waals surface area contributed by atoms with E-state index in [1.165, 1.54) is 0 Å². The zero-order chi connectivity index (χ0) is 12.9. The third kappa shape index (κ3) is 4.64. The molecule has 0 aliphatic heterocycles. The topological polar surface area (TPSA) is 52.5 Å². The molecule has 17 heavy (non-hydrogen) atoms. The van der Waals surface area contributed by atoms with E-state index in [9.17, 15) is 0 Å². The van der Waals surface area contributed by atoms with E-state index in [4.69, 9.17) is 21.8 Å². The van der Waals surface area contributed by atoms with Gasteiger partial charge in [-0.05, 0) is 31.0 Å². The molecule has 1 radical (unpaired) electrons. The maximum atomic E-state index is 9.12. The second-order valence-corrected chi connectivity index (χ2v) is 5.05. The van der Waals surface area contributed by atoms with Gasteiger partial charge in [-0.2, -0.15) is 0 Å². The van der Waals surface area contributed by atoms with Crippen LogP contribution in [0.25, 0.3) is 0 Å². The molecule has 0 aromatic heterocycles. The zero-order valence-electron chi connectivity index (χ0n) is 10.2. The lowest BCUT2D eigenvalue weighted by atomic mass is 10.1. The van der Waals surface area contributed by atoms with Crippen molar-refractivity contribution in [3.8, 4) is 0 Å². The molecule has 0 unspecified atom stereocenters. The molecule has 1 aromatic rings. The molecule has 0 fully saturated rings. The van der Waals surface area contributed by atoms with Crippen molar-refractivity contribution in [2.24, 2.45) is 0 Å². The first-order valence-corrected chi connectivity index (χ1v) is 5.95. The van der Waals surface area contributed by atoms with Gasteiger partial charge in [0.05, 0.1) is 13.2 Å². The molecule has 3 nitrogen and oxygen atoms in total. The fraction of sp³-hybridized carbons (Fsp3) is 0.462. The molecule has 95 valence electrons. The summed E-state index contributed by atoms with van der Waals surface area (Å²) in [6.07, 6.45) is 1.66. The van der Waals surface area contributed by atoms with E-state index in [2.05, 4.69) is 5.32 Å². The number of hydrogen-bond acceptors (Lipinski definition) is 3. The summed E-state index contributed by atoms with van der Waals surface area (Å²) < 4.78 is 0. The third-order valence-electron chi connectivity index (χ3n) is 2.54. The minimum Gasteiger partial charge on any atom is -0.396 e. The normalized spacial score (nSPS) is 11.8. The van der Waals surface area contributed by atoms with Crippen molar-refractivity contribution >= 4 is 11.6 Å². The van der Waals surface area contributed by atoms with E-state index in [1.807, 2.05) is 32.0 Å². The van der Waals surface area contributed by atoms with Crippen molar-refractivity contribution in [1.29, 1.82) is 0 Å². The van der Waals surface area contributed by atoms with E-state index in [0.717, 1.165) is 11.1 Å². The first-order chi connectivity index (χ1) is 7.98. The highest BCUT2D eigenvalue weighted by Crippen LogP contribution is 2.19. The highest BCUT2D eigenvalue weighted by atomic mass is 35.5. The van der Waals surface area contributed by atoms with Gasteiger partial charge in [-0.25, -0.2) is 0 Å². The minimum absolute atomic E-state index is 0.0190. The van der Waals surface area contributed by atoms with Gasteiger partial charge in [-0.15, -0.1) is 0 Å². The van der Waals surface area contributed by atoms with Crippen LogP contribution in [0.5, 0.6) is 0 Å². The second kappa shape index (κ2) is 6.36. The maximum absolute atomic E-state index is 9.12. The minimum atomic E-state index is -0.303. The van der Waals surface area contributed by atoms with Crippen molar-refractivity contribution < 1.29 is 10.2 Å². The van der Waals surface area contributed by atoms with Gasteiger partial charge >= 0.3 is 0 Å². The molecule has 4 heteroatoms. The van der Waals surface area contributed by atoms with Crippen molar-refractivity contribution in [1.82, 2.24) is 5.32 Å². The standard InChI is InChI=1S/C13H19ClNO2/c1-13(2,9-17)15-8-10-3-4-11(5-6-16)12(14)7-10/h3-5,7,15-17H,6,8-9H2,1-2H3. The lowest BCUT2D eigenvalue weighted by molar-refractivity contribution is 0.187. The number of aliphatic hydroxyl groups excluding tert-OH is 2. The van der Waals surface area contributed by atoms with Gasteiger partial charge in [0.1, 0.15) is 0 Å². The first-order valence-electron chi connectivity index (χ1n) is 5.57. The van der Waals surface area contributed by atoms with Gasteiger partial charge in [0.2, 0.25) is 0 Å². The molecule has 0 aliphatic rings. The molecular weight excluding hydrogens is 238 g/mol. The monoisotopic (exact) mass is 256 g/mol. The molecule has 0 atom stereocenters. The van der Waals surface area contributed by atoms with Crippen molar-refractivity contribution in [2.75, 3.05) is 13.2 Å². The highest BCUT2D eigenvalue weighted by Gasteiger charge is 2.14. The molecule has 3 N–H and O–H groups in total. The van der Waals surface area contributed by atoms with Crippen LogP contribution in [0.2, 0.25) is 5.02 Å². The lowest BCUT2D eigenvalue weighted by Crippen LogP contribution is -2.42. The Morgan fingerprint density at radius 2 is 2.06 bits per heavy atom. The fourth-order valence-electron chi connectivity index (χ4n) is 1.34. The number of halogens is 1. The van der Waals surface area contributed by atoms with Crippen molar-refractivity contribution in [3.63, 3.8) is 0 Å². The Hall–Kier alpha value is -0.610. The van der Waals surface area contributed by atoms with Crippen molar-refractivity contribution in [2.45, 2.75) is 25.9 Å². The number of nitrogens with one attached hydrogen (secondary N) is 1. The van der Waals surface area contributed by atoms with Gasteiger partial charge in [-0.3, -0.25) is 0 Å². The summed E-state index contributed by atoms with van der Waals surface area (Å²) in [5.74, 6) is 0. The number of hydrogen-bond donors (Lipinski definition) is 3. The summed E-state index contributed by atoms with van der Waals surface area (Å²) in [5.41, 5.74) is 1.58. The average Bonchev–Trinajstić information content (AvgIpc) is 2.30. The van der Waals surface area contributed by atoms with E-state index in [0.29, 0.717) is 11.6 Å². The number of aliphatic hydroxyl groups is 2. The number of rotatable bonds is 6. The molecule has 1 aromatic carbocycles. The molecule has 0 heterocycles. The Kier molecular flexibility index (Phi) is 5.40. The van der Waals surface area contributed by atoms with E-state index >= 15 is 0 Å². The van der Waals surface area contributed by atoms with Crippen LogP contribution in [0.1, 0.15) is 25.0 Å². The van der Waals surface area contributed by atoms with Crippen LogP contribution in [-0.4, -0.2) is 29.0 Å². The summed E-state index contributed by atoms with van der Waals surface area (Å²) in [6.45, 7) is 4.57. The van der Waals surface area contributed by atoms with Gasteiger partial charge in [0, 0.05) is 23.5 Å². The van der Waals surface area contributed by atoms with Crippen LogP contribution in [0.4, 0.5) is 0 Å². The van der Waals surface area contributed by atoms with Crippen LogP contribution in [0, 0.1) is 6.42 Å². The predicted octanol–water partition coefficient (Wildman–Crippen LogP) is 1.75. The van der Waals surface area contributed by atoms with Crippen LogP contribution in [0.15, 0.2) is 18.2 Å². The van der Waals surface area contributed by atoms with Crippen LogP contribution in [-0.2, 0) is 6.54 Å². The van der Waals surface area contributed by atoms with Crippen LogP contribution < -0.4 is 5.32 Å². The molecule has 0 spiro atoms. The second-order valence-electron chi connectivity index (χ2n) is 4.64. The fourth-order valence-corrected chi connectivity index (χ4v) is 1.62. The van der Waals surface area contributed by atoms with Gasteiger partial charge in [0.15, 0.2) is 0 Å². The van der Waals surface area contributed by atoms with E-state index in [-0.39, 0.29) is 18.8 Å². The quantitative estimate of drug-likeness (QED) is 0.727. The van der Waals surface area contributed by atoms with E-state index in [1.54, 1.807) is 6.42 Å². The summed E-state index contributed by atoms with van der Waals surface area (Å²) in [5, 5.41) is 21.8. The largest absolute Gasteiger partial charge is 0.396 e. The average molecular weight is 257 g/mol. The zero-order valence-corrected chi connectivity index (χ0v) is 11.0. The van der Waals surface area contributed by atoms with E-state index < -0.39 is 0 Å². The summed E-state index contributed by atoms with van der Waals surface area (Å²) in [6, 6.07) is 5.69. The third-order valence-corrected chi connectivity index (χ3v) is 2.87.